The van der Waals surface area contributed by atoms with Crippen LogP contribution < -0.4 is 5.32 Å². The zero-order chi connectivity index (χ0) is 12.3. The minimum atomic E-state index is -3.12. The number of hydrogen-bond donors (Lipinski definition) is 1. The molecule has 0 aliphatic carbocycles. The summed E-state index contributed by atoms with van der Waals surface area (Å²) >= 11 is 0. The molecular formula is C11H19N3O2S. The van der Waals surface area contributed by atoms with Gasteiger partial charge in [-0.2, -0.15) is 5.10 Å². The lowest BCUT2D eigenvalue weighted by Crippen LogP contribution is -2.30. The number of hydrogen-bond acceptors (Lipinski definition) is 4. The van der Waals surface area contributed by atoms with Gasteiger partial charge in [-0.25, -0.2) is 8.42 Å². The van der Waals surface area contributed by atoms with Gasteiger partial charge < -0.3 is 5.32 Å². The summed E-state index contributed by atoms with van der Waals surface area (Å²) in [5.41, 5.74) is 0. The number of piperidine rings is 1. The summed E-state index contributed by atoms with van der Waals surface area (Å²) in [6.45, 7) is 2.98. The van der Waals surface area contributed by atoms with Crippen molar-refractivity contribution >= 4 is 9.84 Å². The summed E-state index contributed by atoms with van der Waals surface area (Å²) < 4.78 is 24.3. The van der Waals surface area contributed by atoms with Gasteiger partial charge in [0.2, 0.25) is 0 Å². The Bertz CT molecular complexity index is 461. The van der Waals surface area contributed by atoms with Crippen molar-refractivity contribution in [2.45, 2.75) is 30.7 Å². The van der Waals surface area contributed by atoms with E-state index in [1.54, 1.807) is 10.9 Å². The smallest absolute Gasteiger partial charge is 0.178 e. The van der Waals surface area contributed by atoms with E-state index < -0.39 is 9.84 Å². The first-order valence-electron chi connectivity index (χ1n) is 5.99. The normalized spacial score (nSPS) is 21.6. The van der Waals surface area contributed by atoms with Crippen LogP contribution >= 0.6 is 0 Å². The Morgan fingerprint density at radius 3 is 3.00 bits per heavy atom. The number of aromatic nitrogens is 2. The number of rotatable bonds is 4. The third-order valence-electron chi connectivity index (χ3n) is 3.20. The van der Waals surface area contributed by atoms with Crippen molar-refractivity contribution in [3.05, 3.63) is 12.4 Å². The first kappa shape index (κ1) is 12.6. The van der Waals surface area contributed by atoms with E-state index in [0.717, 1.165) is 26.1 Å². The Hall–Kier alpha value is -0.880. The SMILES string of the molecule is CS(=O)(=O)c1cnn(CCC2CCCNC2)c1. The first-order valence-corrected chi connectivity index (χ1v) is 7.88. The van der Waals surface area contributed by atoms with Crippen LogP contribution in [0.1, 0.15) is 19.3 Å². The molecule has 0 spiro atoms. The van der Waals surface area contributed by atoms with Crippen molar-refractivity contribution in [2.24, 2.45) is 5.92 Å². The second kappa shape index (κ2) is 5.18. The zero-order valence-electron chi connectivity index (χ0n) is 10.1. The van der Waals surface area contributed by atoms with Crippen LogP contribution in [0.25, 0.3) is 0 Å². The van der Waals surface area contributed by atoms with Gasteiger partial charge in [0.05, 0.1) is 6.20 Å². The van der Waals surface area contributed by atoms with Crippen molar-refractivity contribution < 1.29 is 8.42 Å². The molecule has 0 saturated carbocycles. The van der Waals surface area contributed by atoms with Crippen molar-refractivity contribution in [2.75, 3.05) is 19.3 Å². The van der Waals surface area contributed by atoms with Crippen molar-refractivity contribution in [3.8, 4) is 0 Å². The van der Waals surface area contributed by atoms with Crippen LogP contribution in [0.5, 0.6) is 0 Å². The van der Waals surface area contributed by atoms with Gasteiger partial charge in [-0.1, -0.05) is 0 Å². The average Bonchev–Trinajstić information content (AvgIpc) is 2.76. The molecule has 5 nitrogen and oxygen atoms in total. The number of sulfone groups is 1. The molecule has 2 rings (SSSR count). The van der Waals surface area contributed by atoms with Crippen LogP contribution in [0.2, 0.25) is 0 Å². The Balaban J connectivity index is 1.89. The van der Waals surface area contributed by atoms with Gasteiger partial charge in [0.25, 0.3) is 0 Å². The molecule has 1 aromatic rings. The second-order valence-corrected chi connectivity index (χ2v) is 6.73. The van der Waals surface area contributed by atoms with Gasteiger partial charge in [-0.15, -0.1) is 0 Å². The van der Waals surface area contributed by atoms with Gasteiger partial charge >= 0.3 is 0 Å². The van der Waals surface area contributed by atoms with Crippen LogP contribution in [0, 0.1) is 5.92 Å². The van der Waals surface area contributed by atoms with Crippen LogP contribution in [0.3, 0.4) is 0 Å². The lowest BCUT2D eigenvalue weighted by atomic mass is 9.96. The monoisotopic (exact) mass is 257 g/mol. The molecule has 1 atom stereocenters. The van der Waals surface area contributed by atoms with E-state index in [9.17, 15) is 8.42 Å². The van der Waals surface area contributed by atoms with Gasteiger partial charge in [0.1, 0.15) is 4.90 Å². The highest BCUT2D eigenvalue weighted by Crippen LogP contribution is 2.15. The molecule has 1 N–H and O–H groups in total. The Kier molecular flexibility index (Phi) is 3.83. The molecule has 1 unspecified atom stereocenters. The Morgan fingerprint density at radius 1 is 1.59 bits per heavy atom. The number of aryl methyl sites for hydroxylation is 1. The highest BCUT2D eigenvalue weighted by molar-refractivity contribution is 7.90. The standard InChI is InChI=1S/C11H19N3O2S/c1-17(15,16)11-8-13-14(9-11)6-4-10-3-2-5-12-7-10/h8-10,12H,2-7H2,1H3. The van der Waals surface area contributed by atoms with Crippen LogP contribution in [-0.2, 0) is 16.4 Å². The molecule has 2 heterocycles. The van der Waals surface area contributed by atoms with Crippen molar-refractivity contribution in [3.63, 3.8) is 0 Å². The van der Waals surface area contributed by atoms with Crippen molar-refractivity contribution in [1.29, 1.82) is 0 Å². The highest BCUT2D eigenvalue weighted by Gasteiger charge is 2.14. The fourth-order valence-electron chi connectivity index (χ4n) is 2.14. The molecule has 1 fully saturated rings. The van der Waals surface area contributed by atoms with Crippen LogP contribution in [0.15, 0.2) is 17.3 Å². The summed E-state index contributed by atoms with van der Waals surface area (Å²) in [5.74, 6) is 0.689. The maximum Gasteiger partial charge on any atom is 0.178 e. The molecule has 1 saturated heterocycles. The predicted molar refractivity (Wildman–Crippen MR) is 65.5 cm³/mol. The fourth-order valence-corrected chi connectivity index (χ4v) is 2.70. The summed E-state index contributed by atoms with van der Waals surface area (Å²) in [6, 6.07) is 0. The van der Waals surface area contributed by atoms with Gasteiger partial charge in [0, 0.05) is 19.0 Å². The summed E-state index contributed by atoms with van der Waals surface area (Å²) in [7, 11) is -3.12. The predicted octanol–water partition coefficient (Wildman–Crippen LogP) is 0.676. The Morgan fingerprint density at radius 2 is 2.41 bits per heavy atom. The largest absolute Gasteiger partial charge is 0.316 e. The summed E-state index contributed by atoms with van der Waals surface area (Å²) in [6.07, 6.45) is 7.79. The maximum absolute atomic E-state index is 11.3. The topological polar surface area (TPSA) is 64.0 Å². The first-order chi connectivity index (χ1) is 8.05. The van der Waals surface area contributed by atoms with Gasteiger partial charge in [-0.05, 0) is 38.3 Å². The van der Waals surface area contributed by atoms with Crippen molar-refractivity contribution in [1.82, 2.24) is 15.1 Å². The molecule has 1 aliphatic heterocycles. The Labute approximate surface area is 102 Å². The van der Waals surface area contributed by atoms with E-state index in [1.807, 2.05) is 0 Å². The maximum atomic E-state index is 11.3. The quantitative estimate of drug-likeness (QED) is 0.861. The highest BCUT2D eigenvalue weighted by atomic mass is 32.2. The van der Waals surface area contributed by atoms with Crippen LogP contribution in [-0.4, -0.2) is 37.5 Å². The fraction of sp³-hybridized carbons (Fsp3) is 0.727. The number of nitrogens with zero attached hydrogens (tertiary/aromatic N) is 2. The molecule has 96 valence electrons. The summed E-state index contributed by atoms with van der Waals surface area (Å²) in [4.78, 5) is 0.305. The molecule has 1 aliphatic rings. The minimum absolute atomic E-state index is 0.305. The molecule has 0 radical (unpaired) electrons. The number of nitrogens with one attached hydrogen (secondary N) is 1. The van der Waals surface area contributed by atoms with Crippen LogP contribution in [0.4, 0.5) is 0 Å². The molecule has 1 aromatic heterocycles. The van der Waals surface area contributed by atoms with E-state index in [0.29, 0.717) is 10.8 Å². The van der Waals surface area contributed by atoms with Gasteiger partial charge in [0.15, 0.2) is 9.84 Å². The molecular weight excluding hydrogens is 238 g/mol. The lowest BCUT2D eigenvalue weighted by molar-refractivity contribution is 0.336. The molecule has 0 bridgehead atoms. The van der Waals surface area contributed by atoms with E-state index >= 15 is 0 Å². The molecule has 17 heavy (non-hydrogen) atoms. The zero-order valence-corrected chi connectivity index (χ0v) is 10.9. The second-order valence-electron chi connectivity index (χ2n) is 4.71. The van der Waals surface area contributed by atoms with E-state index in [-0.39, 0.29) is 0 Å². The molecule has 0 amide bonds. The van der Waals surface area contributed by atoms with E-state index in [2.05, 4.69) is 10.4 Å². The van der Waals surface area contributed by atoms with E-state index in [4.69, 9.17) is 0 Å². The average molecular weight is 257 g/mol. The van der Waals surface area contributed by atoms with Gasteiger partial charge in [-0.3, -0.25) is 4.68 Å². The summed E-state index contributed by atoms with van der Waals surface area (Å²) in [5, 5.41) is 7.46. The lowest BCUT2D eigenvalue weighted by Gasteiger charge is -2.22. The van der Waals surface area contributed by atoms with E-state index in [1.165, 1.54) is 25.3 Å². The third kappa shape index (κ3) is 3.54. The molecule has 6 heteroatoms. The molecule has 0 aromatic carbocycles. The third-order valence-corrected chi connectivity index (χ3v) is 4.27. The minimum Gasteiger partial charge on any atom is -0.316 e.